The Balaban J connectivity index is 1.71. The van der Waals surface area contributed by atoms with Crippen molar-refractivity contribution in [3.8, 4) is 0 Å². The summed E-state index contributed by atoms with van der Waals surface area (Å²) in [6.45, 7) is 1.57. The van der Waals surface area contributed by atoms with E-state index in [1.807, 2.05) is 29.4 Å². The van der Waals surface area contributed by atoms with Crippen LogP contribution < -0.4 is 5.32 Å². The van der Waals surface area contributed by atoms with Gasteiger partial charge >= 0.3 is 0 Å². The van der Waals surface area contributed by atoms with Crippen molar-refractivity contribution < 1.29 is 18.4 Å². The molecule has 2 heterocycles. The fraction of sp³-hybridized carbons (Fsp3) is 0.417. The van der Waals surface area contributed by atoms with E-state index in [9.17, 15) is 18.4 Å². The van der Waals surface area contributed by atoms with E-state index in [-0.39, 0.29) is 18.9 Å². The molecule has 4 rings (SSSR count). The first-order valence-electron chi connectivity index (χ1n) is 11.2. The monoisotopic (exact) mass is 542 g/mol. The normalized spacial score (nSPS) is 23.2. The third-order valence-corrected chi connectivity index (χ3v) is 8.09. The van der Waals surface area contributed by atoms with E-state index in [0.717, 1.165) is 16.0 Å². The topological polar surface area (TPSA) is 55.9 Å². The lowest BCUT2D eigenvalue weighted by Gasteiger charge is -2.53. The van der Waals surface area contributed by atoms with Crippen molar-refractivity contribution in [3.05, 3.63) is 63.6 Å². The molecule has 2 fully saturated rings. The van der Waals surface area contributed by atoms with Crippen molar-refractivity contribution in [1.29, 1.82) is 0 Å². The van der Waals surface area contributed by atoms with Crippen LogP contribution in [0.3, 0.4) is 0 Å². The molecule has 2 aliphatic rings. The van der Waals surface area contributed by atoms with Crippen molar-refractivity contribution in [2.75, 3.05) is 26.7 Å². The summed E-state index contributed by atoms with van der Waals surface area (Å²) in [5.74, 6) is -0.715. The van der Waals surface area contributed by atoms with Crippen LogP contribution in [-0.2, 0) is 16.0 Å². The maximum absolute atomic E-state index is 13.5. The van der Waals surface area contributed by atoms with E-state index in [1.165, 1.54) is 16.8 Å². The molecule has 0 bridgehead atoms. The highest BCUT2D eigenvalue weighted by atomic mass is 35.5. The minimum atomic E-state index is -2.68. The number of aryl methyl sites for hydroxylation is 1. The number of nitrogens with zero attached hydrogens (tertiary/aromatic N) is 3. The first-order valence-corrected chi connectivity index (χ1v) is 12.7. The van der Waals surface area contributed by atoms with Crippen molar-refractivity contribution >= 4 is 47.0 Å². The fourth-order valence-electron chi connectivity index (χ4n) is 4.48. The number of carbonyl (C=O) groups is 2. The average Bonchev–Trinajstić information content (AvgIpc) is 2.80. The van der Waals surface area contributed by atoms with Gasteiger partial charge in [0.1, 0.15) is 18.2 Å². The highest BCUT2D eigenvalue weighted by molar-refractivity contribution is 7.97. The van der Waals surface area contributed by atoms with Gasteiger partial charge in [0, 0.05) is 22.9 Å². The number of nitrogens with one attached hydrogen (secondary N) is 1. The van der Waals surface area contributed by atoms with E-state index < -0.39 is 37.1 Å². The number of rotatable bonds is 7. The number of fused-ring (bicyclic) bond motifs is 1. The van der Waals surface area contributed by atoms with Crippen molar-refractivity contribution in [2.24, 2.45) is 0 Å². The van der Waals surface area contributed by atoms with Gasteiger partial charge in [0.25, 0.3) is 6.43 Å². The van der Waals surface area contributed by atoms with Crippen LogP contribution in [0, 0.1) is 6.92 Å². The second-order valence-corrected chi connectivity index (χ2v) is 10.6. The van der Waals surface area contributed by atoms with Gasteiger partial charge < -0.3 is 15.1 Å². The van der Waals surface area contributed by atoms with Crippen LogP contribution in [0.25, 0.3) is 0 Å². The zero-order valence-electron chi connectivity index (χ0n) is 19.3. The summed E-state index contributed by atoms with van der Waals surface area (Å²) >= 11 is 13.8. The molecule has 0 radical (unpaired) electrons. The summed E-state index contributed by atoms with van der Waals surface area (Å²) in [4.78, 5) is 30.4. The zero-order valence-corrected chi connectivity index (χ0v) is 21.6. The Morgan fingerprint density at radius 3 is 2.43 bits per heavy atom. The molecule has 35 heavy (non-hydrogen) atoms. The Hall–Kier alpha value is -1.91. The first-order chi connectivity index (χ1) is 16.7. The minimum Gasteiger partial charge on any atom is -0.332 e. The molecule has 3 unspecified atom stereocenters. The standard InChI is InChI=1S/C24H26Cl2F2N4O2S/c1-14-3-8-20(17(26)9-14)35-31-11-18(29-2)23(33)32-19(10-15-4-6-16(25)7-5-15)24(34)30(12-21(27)28)13-22(31)32/h3-9,18-19,21-22,29H,10-13H2,1-2H3. The first kappa shape index (κ1) is 26.2. The number of benzene rings is 2. The molecule has 2 amide bonds. The van der Waals surface area contributed by atoms with E-state index in [0.29, 0.717) is 16.6 Å². The highest BCUT2D eigenvalue weighted by Gasteiger charge is 2.51. The maximum Gasteiger partial charge on any atom is 0.255 e. The van der Waals surface area contributed by atoms with Crippen LogP contribution in [0.15, 0.2) is 47.4 Å². The van der Waals surface area contributed by atoms with E-state index in [4.69, 9.17) is 23.2 Å². The number of carbonyl (C=O) groups excluding carboxylic acids is 2. The maximum atomic E-state index is 13.5. The van der Waals surface area contributed by atoms with E-state index in [1.54, 1.807) is 36.2 Å². The molecule has 2 aliphatic heterocycles. The van der Waals surface area contributed by atoms with Gasteiger partial charge in [-0.05, 0) is 61.3 Å². The SMILES string of the molecule is CNC1CN(Sc2ccc(C)cc2Cl)C2CN(CC(F)F)C(=O)C(Cc3ccc(Cl)cc3)N2C1=O. The Kier molecular flexibility index (Phi) is 8.23. The predicted octanol–water partition coefficient (Wildman–Crippen LogP) is 4.09. The second kappa shape index (κ2) is 11.0. The summed E-state index contributed by atoms with van der Waals surface area (Å²) in [6.07, 6.45) is -3.08. The number of hydrogen-bond acceptors (Lipinski definition) is 5. The number of amides is 2. The molecule has 6 nitrogen and oxygen atoms in total. The molecular weight excluding hydrogens is 517 g/mol. The quantitative estimate of drug-likeness (QED) is 0.534. The molecule has 2 aromatic rings. The van der Waals surface area contributed by atoms with Crippen LogP contribution >= 0.6 is 35.1 Å². The molecule has 11 heteroatoms. The summed E-state index contributed by atoms with van der Waals surface area (Å²) in [6, 6.07) is 11.2. The lowest BCUT2D eigenvalue weighted by Crippen LogP contribution is -2.74. The van der Waals surface area contributed by atoms with Crippen molar-refractivity contribution in [1.82, 2.24) is 19.4 Å². The Labute approximate surface area is 217 Å². The number of likely N-dealkylation sites (N-methyl/N-ethyl adjacent to an activating group) is 1. The third kappa shape index (κ3) is 5.75. The smallest absolute Gasteiger partial charge is 0.255 e. The molecule has 2 saturated heterocycles. The number of alkyl halides is 2. The van der Waals surface area contributed by atoms with Gasteiger partial charge in [-0.25, -0.2) is 13.1 Å². The zero-order chi connectivity index (χ0) is 25.3. The van der Waals surface area contributed by atoms with Crippen LogP contribution in [0.5, 0.6) is 0 Å². The average molecular weight is 543 g/mol. The molecule has 0 spiro atoms. The largest absolute Gasteiger partial charge is 0.332 e. The number of halogens is 4. The molecule has 0 saturated carbocycles. The van der Waals surface area contributed by atoms with Gasteiger partial charge in [0.15, 0.2) is 0 Å². The third-order valence-electron chi connectivity index (χ3n) is 6.24. The van der Waals surface area contributed by atoms with Crippen molar-refractivity contribution in [2.45, 2.75) is 42.9 Å². The van der Waals surface area contributed by atoms with E-state index >= 15 is 0 Å². The minimum absolute atomic E-state index is 0.0149. The summed E-state index contributed by atoms with van der Waals surface area (Å²) in [7, 11) is 1.69. The highest BCUT2D eigenvalue weighted by Crippen LogP contribution is 2.37. The van der Waals surface area contributed by atoms with Gasteiger partial charge in [-0.3, -0.25) is 9.59 Å². The Morgan fingerprint density at radius 1 is 1.09 bits per heavy atom. The Bertz CT molecular complexity index is 1090. The Morgan fingerprint density at radius 2 is 1.80 bits per heavy atom. The molecule has 0 aliphatic carbocycles. The number of hydrogen-bond donors (Lipinski definition) is 1. The van der Waals surface area contributed by atoms with Crippen LogP contribution in [-0.4, -0.2) is 77.3 Å². The molecule has 3 atom stereocenters. The lowest BCUT2D eigenvalue weighted by atomic mass is 9.97. The van der Waals surface area contributed by atoms with Gasteiger partial charge in [0.05, 0.1) is 18.1 Å². The number of piperazine rings is 1. The van der Waals surface area contributed by atoms with Crippen LogP contribution in [0.2, 0.25) is 10.0 Å². The van der Waals surface area contributed by atoms with Crippen molar-refractivity contribution in [3.63, 3.8) is 0 Å². The molecular formula is C24H26Cl2F2N4O2S. The van der Waals surface area contributed by atoms with Crippen LogP contribution in [0.1, 0.15) is 11.1 Å². The second-order valence-electron chi connectivity index (χ2n) is 8.67. The molecule has 2 aromatic carbocycles. The molecule has 188 valence electrons. The van der Waals surface area contributed by atoms with Gasteiger partial charge in [-0.1, -0.05) is 41.4 Å². The predicted molar refractivity (Wildman–Crippen MR) is 134 cm³/mol. The van der Waals surface area contributed by atoms with E-state index in [2.05, 4.69) is 5.32 Å². The molecule has 0 aromatic heterocycles. The molecule has 1 N–H and O–H groups in total. The fourth-order valence-corrected chi connectivity index (χ4v) is 5.99. The summed E-state index contributed by atoms with van der Waals surface area (Å²) in [5.41, 5.74) is 1.79. The van der Waals surface area contributed by atoms with Gasteiger partial charge in [0.2, 0.25) is 11.8 Å². The summed E-state index contributed by atoms with van der Waals surface area (Å²) < 4.78 is 28.8. The summed E-state index contributed by atoms with van der Waals surface area (Å²) in [5, 5.41) is 4.14. The van der Waals surface area contributed by atoms with Gasteiger partial charge in [-0.15, -0.1) is 0 Å². The lowest BCUT2D eigenvalue weighted by molar-refractivity contribution is -0.168. The van der Waals surface area contributed by atoms with Crippen LogP contribution in [0.4, 0.5) is 8.78 Å². The van der Waals surface area contributed by atoms with Gasteiger partial charge in [-0.2, -0.15) is 0 Å².